The van der Waals surface area contributed by atoms with Crippen LogP contribution in [0.5, 0.6) is 5.75 Å². The molecular formula is C44H49ClFNO6SSi. The first kappa shape index (κ1) is 41.8. The molecule has 1 N–H and O–H groups in total. The first-order valence-corrected chi connectivity index (χ1v) is 22.0. The molecule has 0 amide bonds. The molecule has 0 saturated carbocycles. The van der Waals surface area contributed by atoms with Crippen molar-refractivity contribution in [3.63, 3.8) is 0 Å². The molecule has 11 heteroatoms. The van der Waals surface area contributed by atoms with Gasteiger partial charge in [-0.3, -0.25) is 0 Å². The fraction of sp³-hybridized carbons (Fsp3) is 0.295. The Kier molecular flexibility index (Phi) is 13.1. The second kappa shape index (κ2) is 17.2. The number of nitrogens with one attached hydrogen (secondary N) is 1. The van der Waals surface area contributed by atoms with Gasteiger partial charge >= 0.3 is 14.3 Å². The van der Waals surface area contributed by atoms with Gasteiger partial charge in [-0.15, -0.1) is 11.6 Å². The van der Waals surface area contributed by atoms with E-state index in [0.29, 0.717) is 5.56 Å². The van der Waals surface area contributed by atoms with Crippen molar-refractivity contribution in [1.82, 2.24) is 4.72 Å². The van der Waals surface area contributed by atoms with Crippen LogP contribution in [0.3, 0.4) is 0 Å². The van der Waals surface area contributed by atoms with Crippen LogP contribution in [-0.4, -0.2) is 47.3 Å². The van der Waals surface area contributed by atoms with Crippen molar-refractivity contribution in [2.75, 3.05) is 13.0 Å². The summed E-state index contributed by atoms with van der Waals surface area (Å²) in [5, 5.41) is 1.38. The number of benzene rings is 5. The SMILES string of the molecule is COC(=O)C(NS(=O)(=O)c1ccccc1O[Si](c1ccccc1)(c1ccccc1)C(C)(C)C)(C(C)OCc1ccccc1)C(CCl)c1c(F)ccc(C)c1C. The maximum atomic E-state index is 16.1. The molecule has 0 aromatic heterocycles. The number of rotatable bonds is 15. The monoisotopic (exact) mass is 801 g/mol. The molecule has 0 heterocycles. The van der Waals surface area contributed by atoms with E-state index in [0.717, 1.165) is 28.6 Å². The van der Waals surface area contributed by atoms with Crippen molar-refractivity contribution in [1.29, 1.82) is 0 Å². The van der Waals surface area contributed by atoms with E-state index in [1.165, 1.54) is 12.1 Å². The van der Waals surface area contributed by atoms with E-state index in [-0.39, 0.29) is 28.7 Å². The molecule has 5 aromatic carbocycles. The van der Waals surface area contributed by atoms with Gasteiger partial charge in [-0.1, -0.05) is 130 Å². The minimum atomic E-state index is -4.73. The Labute approximate surface area is 331 Å². The molecule has 0 aliphatic heterocycles. The summed E-state index contributed by atoms with van der Waals surface area (Å²) < 4.78 is 68.2. The summed E-state index contributed by atoms with van der Waals surface area (Å²) in [7, 11) is -6.92. The Bertz CT molecular complexity index is 2150. The summed E-state index contributed by atoms with van der Waals surface area (Å²) in [5.74, 6) is -3.20. The molecule has 5 aromatic rings. The Morgan fingerprint density at radius 1 is 0.818 bits per heavy atom. The molecule has 5 rings (SSSR count). The summed E-state index contributed by atoms with van der Waals surface area (Å²) >= 11 is 6.74. The first-order chi connectivity index (χ1) is 26.1. The maximum absolute atomic E-state index is 16.1. The number of alkyl halides is 1. The van der Waals surface area contributed by atoms with Crippen molar-refractivity contribution in [2.45, 2.75) is 75.6 Å². The maximum Gasteiger partial charge on any atom is 0.330 e. The molecule has 3 unspecified atom stereocenters. The third-order valence-electron chi connectivity index (χ3n) is 10.4. The number of esters is 1. The van der Waals surface area contributed by atoms with Gasteiger partial charge in [0, 0.05) is 11.8 Å². The molecule has 0 fully saturated rings. The van der Waals surface area contributed by atoms with Gasteiger partial charge in [-0.25, -0.2) is 17.6 Å². The van der Waals surface area contributed by atoms with E-state index in [9.17, 15) is 4.79 Å². The Morgan fingerprint density at radius 3 is 1.87 bits per heavy atom. The van der Waals surface area contributed by atoms with E-state index in [2.05, 4.69) is 25.5 Å². The number of sulfonamides is 1. The van der Waals surface area contributed by atoms with Crippen molar-refractivity contribution in [2.24, 2.45) is 0 Å². The molecular weight excluding hydrogens is 753 g/mol. The van der Waals surface area contributed by atoms with Crippen molar-refractivity contribution in [3.05, 3.63) is 155 Å². The minimum absolute atomic E-state index is 0.0142. The van der Waals surface area contributed by atoms with Crippen LogP contribution in [0.2, 0.25) is 5.04 Å². The highest BCUT2D eigenvalue weighted by Crippen LogP contribution is 2.42. The lowest BCUT2D eigenvalue weighted by Gasteiger charge is -2.44. The third-order valence-corrected chi connectivity index (χ3v) is 17.2. The van der Waals surface area contributed by atoms with Crippen LogP contribution in [0.4, 0.5) is 4.39 Å². The Balaban J connectivity index is 1.73. The zero-order valence-corrected chi connectivity index (χ0v) is 34.9. The predicted molar refractivity (Wildman–Crippen MR) is 220 cm³/mol. The smallest absolute Gasteiger partial charge is 0.330 e. The molecule has 0 spiro atoms. The number of carbonyl (C=O) groups is 1. The van der Waals surface area contributed by atoms with Crippen LogP contribution in [0.15, 0.2) is 132 Å². The van der Waals surface area contributed by atoms with Gasteiger partial charge in [0.1, 0.15) is 16.5 Å². The van der Waals surface area contributed by atoms with Crippen LogP contribution >= 0.6 is 11.6 Å². The molecule has 290 valence electrons. The minimum Gasteiger partial charge on any atom is -0.533 e. The van der Waals surface area contributed by atoms with Gasteiger partial charge in [-0.2, -0.15) is 4.72 Å². The normalized spacial score (nSPS) is 14.4. The van der Waals surface area contributed by atoms with Gasteiger partial charge in [0.15, 0.2) is 5.54 Å². The lowest BCUT2D eigenvalue weighted by Crippen LogP contribution is -2.69. The molecule has 0 saturated heterocycles. The number of para-hydroxylation sites is 1. The molecule has 3 atom stereocenters. The zero-order valence-electron chi connectivity index (χ0n) is 32.3. The largest absolute Gasteiger partial charge is 0.533 e. The number of aryl methyl sites for hydroxylation is 1. The number of methoxy groups -OCH3 is 1. The second-order valence-electron chi connectivity index (χ2n) is 14.7. The summed E-state index contributed by atoms with van der Waals surface area (Å²) in [4.78, 5) is 14.2. The number of ether oxygens (including phenoxy) is 2. The highest BCUT2D eigenvalue weighted by Gasteiger charge is 2.57. The second-order valence-corrected chi connectivity index (χ2v) is 20.9. The van der Waals surface area contributed by atoms with E-state index < -0.39 is 52.7 Å². The summed E-state index contributed by atoms with van der Waals surface area (Å²) in [6, 6.07) is 38.2. The topological polar surface area (TPSA) is 90.9 Å². The lowest BCUT2D eigenvalue weighted by molar-refractivity contribution is -0.156. The number of carbonyl (C=O) groups excluding carboxylic acids is 1. The number of halogens is 2. The lowest BCUT2D eigenvalue weighted by atomic mass is 9.75. The summed E-state index contributed by atoms with van der Waals surface area (Å²) in [6.07, 6.45) is -1.23. The van der Waals surface area contributed by atoms with E-state index in [1.54, 1.807) is 45.0 Å². The van der Waals surface area contributed by atoms with Gasteiger partial charge in [-0.05, 0) is 76.6 Å². The van der Waals surface area contributed by atoms with Crippen LogP contribution in [0, 0.1) is 19.7 Å². The molecule has 0 aliphatic carbocycles. The average molecular weight is 802 g/mol. The molecule has 0 radical (unpaired) electrons. The Morgan fingerprint density at radius 2 is 1.35 bits per heavy atom. The van der Waals surface area contributed by atoms with Crippen molar-refractivity contribution in [3.8, 4) is 5.75 Å². The Hall–Kier alpha value is -4.32. The molecule has 7 nitrogen and oxygen atoms in total. The van der Waals surface area contributed by atoms with E-state index in [4.69, 9.17) is 25.5 Å². The van der Waals surface area contributed by atoms with Gasteiger partial charge in [0.05, 0.1) is 19.8 Å². The zero-order chi connectivity index (χ0) is 40.0. The highest BCUT2D eigenvalue weighted by molar-refractivity contribution is 7.89. The van der Waals surface area contributed by atoms with Crippen LogP contribution in [0.1, 0.15) is 55.9 Å². The van der Waals surface area contributed by atoms with Gasteiger partial charge in [0.25, 0.3) is 0 Å². The van der Waals surface area contributed by atoms with E-state index >= 15 is 12.8 Å². The standard InChI is InChI=1S/C44H49ClFNO6SSi/c1-31-27-28-38(46)41(32(31)2)37(29-45)44(42(48)51-7,33(3)52-30-34-19-11-8-12-20-34)47-54(49,50)40-26-18-17-25-39(40)53-55(43(4,5)6,35-21-13-9-14-22-35)36-23-15-10-16-24-36/h8-28,33,37,47H,29-30H2,1-7H3. The first-order valence-electron chi connectivity index (χ1n) is 18.1. The molecule has 55 heavy (non-hydrogen) atoms. The van der Waals surface area contributed by atoms with Crippen molar-refractivity contribution < 1.29 is 31.5 Å². The van der Waals surface area contributed by atoms with Crippen LogP contribution in [0.25, 0.3) is 0 Å². The fourth-order valence-corrected chi connectivity index (χ4v) is 13.9. The average Bonchev–Trinajstić information content (AvgIpc) is 3.18. The molecule has 0 aliphatic rings. The van der Waals surface area contributed by atoms with Crippen molar-refractivity contribution >= 4 is 46.3 Å². The number of hydrogen-bond donors (Lipinski definition) is 1. The van der Waals surface area contributed by atoms with E-state index in [1.807, 2.05) is 91.0 Å². The van der Waals surface area contributed by atoms with Crippen LogP contribution in [-0.2, 0) is 30.9 Å². The summed E-state index contributed by atoms with van der Waals surface area (Å²) in [5.41, 5.74) is -0.164. The highest BCUT2D eigenvalue weighted by atomic mass is 35.5. The number of hydrogen-bond acceptors (Lipinski definition) is 6. The van der Waals surface area contributed by atoms with Gasteiger partial charge in [0.2, 0.25) is 10.0 Å². The van der Waals surface area contributed by atoms with Crippen LogP contribution < -0.4 is 19.5 Å². The quantitative estimate of drug-likeness (QED) is 0.0653. The fourth-order valence-electron chi connectivity index (χ4n) is 7.39. The third kappa shape index (κ3) is 8.29. The molecule has 0 bridgehead atoms. The predicted octanol–water partition coefficient (Wildman–Crippen LogP) is 8.20. The van der Waals surface area contributed by atoms with Gasteiger partial charge < -0.3 is 13.9 Å². The summed E-state index contributed by atoms with van der Waals surface area (Å²) in [6.45, 7) is 11.4.